The molecule has 10 heteroatoms. The van der Waals surface area contributed by atoms with Gasteiger partial charge in [0, 0.05) is 57.1 Å². The van der Waals surface area contributed by atoms with Crippen LogP contribution in [-0.4, -0.2) is 75.4 Å². The Morgan fingerprint density at radius 1 is 1.19 bits per heavy atom. The first-order valence-corrected chi connectivity index (χ1v) is 12.6. The van der Waals surface area contributed by atoms with Gasteiger partial charge in [0.1, 0.15) is 0 Å². The summed E-state index contributed by atoms with van der Waals surface area (Å²) in [5.74, 6) is 0.716. The SMILES string of the molecule is CC(=O)N1CCC(c2[nH]ncc2C(=O)N2CCC3(CC2)CC3CNC(=O)c2cc3ccncc3o2)C1. The van der Waals surface area contributed by atoms with Crippen molar-refractivity contribution in [3.8, 4) is 0 Å². The Kier molecular flexibility index (Phi) is 5.54. The first-order valence-electron chi connectivity index (χ1n) is 12.6. The van der Waals surface area contributed by atoms with Crippen LogP contribution in [0.2, 0.25) is 0 Å². The molecular formula is C26H30N6O4. The van der Waals surface area contributed by atoms with Crippen molar-refractivity contribution in [2.24, 2.45) is 11.3 Å². The first kappa shape index (κ1) is 22.8. The van der Waals surface area contributed by atoms with Gasteiger partial charge in [-0.25, -0.2) is 0 Å². The average Bonchev–Trinajstić information content (AvgIpc) is 3.38. The lowest BCUT2D eigenvalue weighted by molar-refractivity contribution is -0.127. The maximum atomic E-state index is 13.3. The van der Waals surface area contributed by atoms with Crippen molar-refractivity contribution < 1.29 is 18.8 Å². The van der Waals surface area contributed by atoms with Gasteiger partial charge < -0.3 is 19.5 Å². The second kappa shape index (κ2) is 8.76. The molecule has 2 atom stereocenters. The molecule has 2 saturated heterocycles. The van der Waals surface area contributed by atoms with E-state index in [4.69, 9.17) is 4.42 Å². The van der Waals surface area contributed by atoms with E-state index in [2.05, 4.69) is 20.5 Å². The molecule has 188 valence electrons. The molecule has 0 aromatic carbocycles. The van der Waals surface area contributed by atoms with Crippen LogP contribution in [-0.2, 0) is 4.79 Å². The van der Waals surface area contributed by atoms with Crippen LogP contribution in [0.4, 0.5) is 0 Å². The molecule has 3 amide bonds. The predicted molar refractivity (Wildman–Crippen MR) is 130 cm³/mol. The van der Waals surface area contributed by atoms with E-state index < -0.39 is 0 Å². The van der Waals surface area contributed by atoms with Gasteiger partial charge in [-0.3, -0.25) is 24.5 Å². The number of furan rings is 1. The standard InChI is InChI=1S/C26H30N6O4/c1-16(33)32-7-3-18(15-32)23-20(13-29-30-23)25(35)31-8-4-26(5-9-31)11-19(26)12-28-24(34)21-10-17-2-6-27-14-22(17)36-21/h2,6,10,13-14,18-19H,3-5,7-9,11-12,15H2,1H3,(H,28,34)(H,29,30). The van der Waals surface area contributed by atoms with Gasteiger partial charge in [-0.2, -0.15) is 5.10 Å². The molecule has 3 fully saturated rings. The van der Waals surface area contributed by atoms with Gasteiger partial charge in [0.05, 0.1) is 23.7 Å². The molecule has 5 heterocycles. The van der Waals surface area contributed by atoms with Crippen molar-refractivity contribution in [1.29, 1.82) is 0 Å². The number of hydrogen-bond donors (Lipinski definition) is 2. The maximum absolute atomic E-state index is 13.3. The topological polar surface area (TPSA) is 124 Å². The molecule has 10 nitrogen and oxygen atoms in total. The lowest BCUT2D eigenvalue weighted by Crippen LogP contribution is -2.40. The highest BCUT2D eigenvalue weighted by molar-refractivity contribution is 5.96. The number of nitrogens with zero attached hydrogens (tertiary/aromatic N) is 4. The zero-order valence-corrected chi connectivity index (χ0v) is 20.3. The van der Waals surface area contributed by atoms with Crippen LogP contribution in [0, 0.1) is 11.3 Å². The molecule has 3 aliphatic rings. The van der Waals surface area contributed by atoms with Crippen molar-refractivity contribution >= 4 is 28.7 Å². The number of aromatic nitrogens is 3. The quantitative estimate of drug-likeness (QED) is 0.566. The second-order valence-corrected chi connectivity index (χ2v) is 10.4. The number of amides is 3. The van der Waals surface area contributed by atoms with Crippen LogP contribution in [0.3, 0.4) is 0 Å². The highest BCUT2D eigenvalue weighted by Gasteiger charge is 2.55. The summed E-state index contributed by atoms with van der Waals surface area (Å²) >= 11 is 0. The third-order valence-corrected chi connectivity index (χ3v) is 8.40. The van der Waals surface area contributed by atoms with E-state index in [0.717, 1.165) is 36.8 Å². The number of carbonyl (C=O) groups is 3. The Morgan fingerprint density at radius 2 is 2.03 bits per heavy atom. The third-order valence-electron chi connectivity index (χ3n) is 8.40. The molecule has 2 unspecified atom stereocenters. The molecule has 1 aliphatic carbocycles. The lowest BCUT2D eigenvalue weighted by atomic mass is 9.90. The molecule has 0 bridgehead atoms. The van der Waals surface area contributed by atoms with Gasteiger partial charge in [-0.05, 0) is 49.1 Å². The Hall–Kier alpha value is -3.69. The van der Waals surface area contributed by atoms with Crippen LogP contribution in [0.5, 0.6) is 0 Å². The summed E-state index contributed by atoms with van der Waals surface area (Å²) in [6.45, 7) is 4.94. The molecule has 1 spiro atoms. The van der Waals surface area contributed by atoms with E-state index in [0.29, 0.717) is 55.5 Å². The Balaban J connectivity index is 1.02. The molecular weight excluding hydrogens is 460 g/mol. The van der Waals surface area contributed by atoms with E-state index in [1.165, 1.54) is 0 Å². The first-order chi connectivity index (χ1) is 17.4. The fourth-order valence-electron chi connectivity index (χ4n) is 6.02. The van der Waals surface area contributed by atoms with Crippen LogP contribution in [0.1, 0.15) is 65.1 Å². The number of piperidine rings is 1. The van der Waals surface area contributed by atoms with E-state index in [1.54, 1.807) is 31.6 Å². The summed E-state index contributed by atoms with van der Waals surface area (Å²) in [5.41, 5.74) is 2.28. The molecule has 6 rings (SSSR count). The van der Waals surface area contributed by atoms with Gasteiger partial charge in [0.2, 0.25) is 5.91 Å². The zero-order chi connectivity index (χ0) is 24.9. The predicted octanol–water partition coefficient (Wildman–Crippen LogP) is 2.56. The summed E-state index contributed by atoms with van der Waals surface area (Å²) in [7, 11) is 0. The number of aromatic amines is 1. The van der Waals surface area contributed by atoms with Gasteiger partial charge in [0.25, 0.3) is 11.8 Å². The molecule has 3 aromatic heterocycles. The smallest absolute Gasteiger partial charge is 0.287 e. The van der Waals surface area contributed by atoms with Crippen molar-refractivity contribution in [3.05, 3.63) is 47.7 Å². The van der Waals surface area contributed by atoms with Crippen LogP contribution in [0.25, 0.3) is 11.0 Å². The van der Waals surface area contributed by atoms with E-state index in [1.807, 2.05) is 15.9 Å². The van der Waals surface area contributed by atoms with Crippen LogP contribution in [0.15, 0.2) is 35.1 Å². The highest BCUT2D eigenvalue weighted by atomic mass is 16.3. The number of carbonyl (C=O) groups excluding carboxylic acids is 3. The highest BCUT2D eigenvalue weighted by Crippen LogP contribution is 2.59. The maximum Gasteiger partial charge on any atom is 0.287 e. The minimum atomic E-state index is -0.205. The monoisotopic (exact) mass is 490 g/mol. The summed E-state index contributed by atoms with van der Waals surface area (Å²) in [5, 5.41) is 11.1. The Morgan fingerprint density at radius 3 is 2.78 bits per heavy atom. The molecule has 36 heavy (non-hydrogen) atoms. The van der Waals surface area contributed by atoms with E-state index in [9.17, 15) is 14.4 Å². The van der Waals surface area contributed by atoms with Crippen molar-refractivity contribution in [1.82, 2.24) is 30.3 Å². The number of pyridine rings is 1. The molecule has 1 saturated carbocycles. The summed E-state index contributed by atoms with van der Waals surface area (Å²) in [4.78, 5) is 45.4. The molecule has 2 aliphatic heterocycles. The summed E-state index contributed by atoms with van der Waals surface area (Å²) < 4.78 is 5.61. The van der Waals surface area contributed by atoms with Crippen molar-refractivity contribution in [3.63, 3.8) is 0 Å². The normalized spacial score (nSPS) is 22.8. The molecule has 0 radical (unpaired) electrons. The van der Waals surface area contributed by atoms with E-state index >= 15 is 0 Å². The van der Waals surface area contributed by atoms with Gasteiger partial charge in [-0.15, -0.1) is 0 Å². The number of rotatable bonds is 5. The Bertz CT molecular complexity index is 1290. The number of hydrogen-bond acceptors (Lipinski definition) is 6. The fourth-order valence-corrected chi connectivity index (χ4v) is 6.02. The van der Waals surface area contributed by atoms with Gasteiger partial charge in [-0.1, -0.05) is 0 Å². The summed E-state index contributed by atoms with van der Waals surface area (Å²) in [6, 6.07) is 3.56. The zero-order valence-electron chi connectivity index (χ0n) is 20.3. The van der Waals surface area contributed by atoms with Gasteiger partial charge >= 0.3 is 0 Å². The number of likely N-dealkylation sites (tertiary alicyclic amines) is 2. The number of H-pyrrole nitrogens is 1. The number of nitrogens with one attached hydrogen (secondary N) is 2. The van der Waals surface area contributed by atoms with Crippen LogP contribution >= 0.6 is 0 Å². The van der Waals surface area contributed by atoms with Crippen molar-refractivity contribution in [2.45, 2.75) is 38.5 Å². The van der Waals surface area contributed by atoms with Crippen molar-refractivity contribution in [2.75, 3.05) is 32.7 Å². The fraction of sp³-hybridized carbons (Fsp3) is 0.500. The number of fused-ring (bicyclic) bond motifs is 1. The molecule has 3 aromatic rings. The Labute approximate surface area is 208 Å². The lowest BCUT2D eigenvalue weighted by Gasteiger charge is -2.33. The second-order valence-electron chi connectivity index (χ2n) is 10.4. The minimum absolute atomic E-state index is 0.0137. The molecule has 2 N–H and O–H groups in total. The van der Waals surface area contributed by atoms with Crippen LogP contribution < -0.4 is 5.32 Å². The van der Waals surface area contributed by atoms with Gasteiger partial charge in [0.15, 0.2) is 11.3 Å². The van der Waals surface area contributed by atoms with E-state index in [-0.39, 0.29) is 29.1 Å². The minimum Gasteiger partial charge on any atom is -0.449 e. The third kappa shape index (κ3) is 4.04. The summed E-state index contributed by atoms with van der Waals surface area (Å²) in [6.07, 6.45) is 8.69. The average molecular weight is 491 g/mol. The largest absolute Gasteiger partial charge is 0.449 e.